The van der Waals surface area contributed by atoms with Gasteiger partial charge in [0, 0.05) is 24.0 Å². The lowest BCUT2D eigenvalue weighted by Gasteiger charge is -2.06. The number of carbonyl (C=O) groups excluding carboxylic acids is 2. The van der Waals surface area contributed by atoms with Crippen LogP contribution in [0.25, 0.3) is 0 Å². The molecule has 0 aliphatic carbocycles. The van der Waals surface area contributed by atoms with Crippen LogP contribution >= 0.6 is 11.3 Å². The SMILES string of the molecule is Cc1cccc(NC(=O)CCNC(=O)Nc2nc(C)cs2)n1. The molecular weight excluding hydrogens is 302 g/mol. The molecule has 0 aliphatic rings. The van der Waals surface area contributed by atoms with Crippen LogP contribution in [-0.2, 0) is 4.79 Å². The van der Waals surface area contributed by atoms with Crippen LogP contribution in [0.5, 0.6) is 0 Å². The van der Waals surface area contributed by atoms with E-state index in [0.717, 1.165) is 11.4 Å². The molecule has 0 radical (unpaired) electrons. The van der Waals surface area contributed by atoms with Crippen molar-refractivity contribution in [3.8, 4) is 0 Å². The molecule has 3 N–H and O–H groups in total. The minimum Gasteiger partial charge on any atom is -0.337 e. The highest BCUT2D eigenvalue weighted by Crippen LogP contribution is 2.13. The third-order valence-electron chi connectivity index (χ3n) is 2.63. The zero-order valence-corrected chi connectivity index (χ0v) is 13.2. The van der Waals surface area contributed by atoms with Gasteiger partial charge in [-0.2, -0.15) is 0 Å². The van der Waals surface area contributed by atoms with Gasteiger partial charge in [-0.25, -0.2) is 14.8 Å². The second-order valence-corrected chi connectivity index (χ2v) is 5.50. The molecule has 2 rings (SSSR count). The number of aromatic nitrogens is 2. The molecule has 0 spiro atoms. The van der Waals surface area contributed by atoms with Gasteiger partial charge in [0.15, 0.2) is 5.13 Å². The molecule has 0 bridgehead atoms. The Morgan fingerprint density at radius 2 is 1.95 bits per heavy atom. The van der Waals surface area contributed by atoms with Gasteiger partial charge in [0.2, 0.25) is 5.91 Å². The molecule has 3 amide bonds. The Bertz CT molecular complexity index is 671. The lowest BCUT2D eigenvalue weighted by atomic mass is 10.3. The molecule has 8 heteroatoms. The van der Waals surface area contributed by atoms with E-state index in [0.29, 0.717) is 10.9 Å². The van der Waals surface area contributed by atoms with Crippen molar-refractivity contribution in [1.29, 1.82) is 0 Å². The lowest BCUT2D eigenvalue weighted by Crippen LogP contribution is -2.31. The van der Waals surface area contributed by atoms with Crippen LogP contribution in [0.2, 0.25) is 0 Å². The fraction of sp³-hybridized carbons (Fsp3) is 0.286. The molecule has 2 aromatic rings. The number of amides is 3. The van der Waals surface area contributed by atoms with Crippen molar-refractivity contribution in [2.24, 2.45) is 0 Å². The Hall–Kier alpha value is -2.48. The maximum atomic E-state index is 11.7. The zero-order valence-electron chi connectivity index (χ0n) is 12.3. The van der Waals surface area contributed by atoms with Crippen LogP contribution in [0.3, 0.4) is 0 Å². The summed E-state index contributed by atoms with van der Waals surface area (Å²) >= 11 is 1.35. The van der Waals surface area contributed by atoms with E-state index in [1.54, 1.807) is 6.07 Å². The van der Waals surface area contributed by atoms with Crippen molar-refractivity contribution >= 4 is 34.2 Å². The average Bonchev–Trinajstić information content (AvgIpc) is 2.84. The predicted molar refractivity (Wildman–Crippen MR) is 86.1 cm³/mol. The average molecular weight is 319 g/mol. The van der Waals surface area contributed by atoms with E-state index in [1.165, 1.54) is 11.3 Å². The Balaban J connectivity index is 1.69. The summed E-state index contributed by atoms with van der Waals surface area (Å²) in [6.07, 6.45) is 0.167. The van der Waals surface area contributed by atoms with Gasteiger partial charge in [-0.1, -0.05) is 6.07 Å². The van der Waals surface area contributed by atoms with E-state index in [4.69, 9.17) is 0 Å². The van der Waals surface area contributed by atoms with Crippen LogP contribution in [0.4, 0.5) is 15.7 Å². The summed E-state index contributed by atoms with van der Waals surface area (Å²) in [4.78, 5) is 31.6. The number of thiazole rings is 1. The van der Waals surface area contributed by atoms with E-state index in [-0.39, 0.29) is 24.9 Å². The topological polar surface area (TPSA) is 96.0 Å². The number of rotatable bonds is 5. The van der Waals surface area contributed by atoms with Gasteiger partial charge < -0.3 is 10.6 Å². The first-order valence-electron chi connectivity index (χ1n) is 6.73. The standard InChI is InChI=1S/C14H17N5O2S/c1-9-4-3-5-11(16-9)18-12(20)6-7-15-13(21)19-14-17-10(2)8-22-14/h3-5,8H,6-7H2,1-2H3,(H,16,18,20)(H2,15,17,19,21). The Kier molecular flexibility index (Phi) is 5.42. The van der Waals surface area contributed by atoms with Crippen molar-refractivity contribution < 1.29 is 9.59 Å². The predicted octanol–water partition coefficient (Wildman–Crippen LogP) is 2.31. The van der Waals surface area contributed by atoms with Gasteiger partial charge in [-0.05, 0) is 26.0 Å². The van der Waals surface area contributed by atoms with E-state index < -0.39 is 0 Å². The largest absolute Gasteiger partial charge is 0.337 e. The molecule has 0 atom stereocenters. The highest BCUT2D eigenvalue weighted by atomic mass is 32.1. The minimum absolute atomic E-state index is 0.167. The van der Waals surface area contributed by atoms with Crippen molar-refractivity contribution in [3.05, 3.63) is 35.0 Å². The van der Waals surface area contributed by atoms with E-state index in [2.05, 4.69) is 25.9 Å². The number of hydrogen-bond acceptors (Lipinski definition) is 5. The summed E-state index contributed by atoms with van der Waals surface area (Å²) in [6.45, 7) is 3.93. The summed E-state index contributed by atoms with van der Waals surface area (Å²) < 4.78 is 0. The number of nitrogens with zero attached hydrogens (tertiary/aromatic N) is 2. The molecule has 0 aliphatic heterocycles. The summed E-state index contributed by atoms with van der Waals surface area (Å²) in [5, 5.41) is 10.3. The zero-order chi connectivity index (χ0) is 15.9. The molecule has 0 saturated heterocycles. The van der Waals surface area contributed by atoms with E-state index >= 15 is 0 Å². The number of nitrogens with one attached hydrogen (secondary N) is 3. The van der Waals surface area contributed by atoms with Crippen LogP contribution in [0, 0.1) is 13.8 Å². The molecule has 0 aromatic carbocycles. The molecule has 22 heavy (non-hydrogen) atoms. The maximum absolute atomic E-state index is 11.7. The lowest BCUT2D eigenvalue weighted by molar-refractivity contribution is -0.116. The number of hydrogen-bond donors (Lipinski definition) is 3. The first kappa shape index (κ1) is 15.9. The Labute approximate surface area is 132 Å². The van der Waals surface area contributed by atoms with Crippen LogP contribution in [-0.4, -0.2) is 28.5 Å². The number of aryl methyl sites for hydroxylation is 2. The summed E-state index contributed by atoms with van der Waals surface area (Å²) in [5.74, 6) is 0.302. The molecule has 116 valence electrons. The maximum Gasteiger partial charge on any atom is 0.321 e. The van der Waals surface area contributed by atoms with Crippen molar-refractivity contribution in [2.45, 2.75) is 20.3 Å². The fourth-order valence-electron chi connectivity index (χ4n) is 1.66. The summed E-state index contributed by atoms with van der Waals surface area (Å²) in [6, 6.07) is 5.01. The van der Waals surface area contributed by atoms with Gasteiger partial charge in [0.05, 0.1) is 5.69 Å². The molecule has 2 aromatic heterocycles. The van der Waals surface area contributed by atoms with Crippen molar-refractivity contribution in [3.63, 3.8) is 0 Å². The molecule has 0 fully saturated rings. The van der Waals surface area contributed by atoms with Gasteiger partial charge in [0.25, 0.3) is 0 Å². The second kappa shape index (κ2) is 7.51. The van der Waals surface area contributed by atoms with Crippen LogP contribution in [0.15, 0.2) is 23.6 Å². The van der Waals surface area contributed by atoms with Crippen molar-refractivity contribution in [1.82, 2.24) is 15.3 Å². The van der Waals surface area contributed by atoms with E-state index in [1.807, 2.05) is 31.4 Å². The smallest absolute Gasteiger partial charge is 0.321 e. The number of pyridine rings is 1. The molecule has 0 saturated carbocycles. The minimum atomic E-state index is -0.379. The van der Waals surface area contributed by atoms with Crippen LogP contribution in [0.1, 0.15) is 17.8 Å². The van der Waals surface area contributed by atoms with E-state index in [9.17, 15) is 9.59 Å². The second-order valence-electron chi connectivity index (χ2n) is 4.64. The number of urea groups is 1. The number of anilines is 2. The molecule has 0 unspecified atom stereocenters. The Morgan fingerprint density at radius 3 is 2.64 bits per heavy atom. The molecule has 7 nitrogen and oxygen atoms in total. The quantitative estimate of drug-likeness (QED) is 0.788. The number of carbonyl (C=O) groups is 2. The first-order chi connectivity index (χ1) is 10.5. The summed E-state index contributed by atoms with van der Waals surface area (Å²) in [5.41, 5.74) is 1.68. The highest BCUT2D eigenvalue weighted by Gasteiger charge is 2.07. The van der Waals surface area contributed by atoms with Gasteiger partial charge in [0.1, 0.15) is 5.82 Å². The van der Waals surface area contributed by atoms with Gasteiger partial charge >= 0.3 is 6.03 Å². The summed E-state index contributed by atoms with van der Waals surface area (Å²) in [7, 11) is 0. The third kappa shape index (κ3) is 5.13. The molecule has 2 heterocycles. The molecular formula is C14H17N5O2S. The van der Waals surface area contributed by atoms with Gasteiger partial charge in [-0.15, -0.1) is 11.3 Å². The van der Waals surface area contributed by atoms with Gasteiger partial charge in [-0.3, -0.25) is 10.1 Å². The first-order valence-corrected chi connectivity index (χ1v) is 7.61. The fourth-order valence-corrected chi connectivity index (χ4v) is 2.34. The monoisotopic (exact) mass is 319 g/mol. The Morgan fingerprint density at radius 1 is 1.14 bits per heavy atom. The third-order valence-corrected chi connectivity index (χ3v) is 3.51. The highest BCUT2D eigenvalue weighted by molar-refractivity contribution is 7.13. The van der Waals surface area contributed by atoms with Crippen LogP contribution < -0.4 is 16.0 Å². The normalized spacial score (nSPS) is 10.1. The van der Waals surface area contributed by atoms with Crippen molar-refractivity contribution in [2.75, 3.05) is 17.2 Å².